The Bertz CT molecular complexity index is 650. The molecule has 0 fully saturated rings. The number of aromatic nitrogens is 1. The fraction of sp³-hybridized carbons (Fsp3) is 0.368. The van der Waals surface area contributed by atoms with Gasteiger partial charge in [0.15, 0.2) is 0 Å². The maximum Gasteiger partial charge on any atom is 0.224 e. The molecule has 0 spiro atoms. The van der Waals surface area contributed by atoms with Gasteiger partial charge in [-0.2, -0.15) is 0 Å². The van der Waals surface area contributed by atoms with E-state index in [0.717, 1.165) is 28.9 Å². The average molecular weight is 311 g/mol. The minimum Gasteiger partial charge on any atom is -0.378 e. The fourth-order valence-electron chi connectivity index (χ4n) is 2.48. The SMILES string of the molecule is CC[C@@H](NC(=O)Cc1ccc(N(C)C)cc1)c1cc(C)ccn1. The number of carbonyl (C=O) groups excluding carboxylic acids is 1. The molecule has 1 aromatic heterocycles. The van der Waals surface area contributed by atoms with Crippen LogP contribution in [0.25, 0.3) is 0 Å². The molecule has 0 saturated carbocycles. The number of benzene rings is 1. The quantitative estimate of drug-likeness (QED) is 0.890. The summed E-state index contributed by atoms with van der Waals surface area (Å²) >= 11 is 0. The van der Waals surface area contributed by atoms with Crippen LogP contribution in [0, 0.1) is 6.92 Å². The molecular formula is C19H25N3O. The first-order valence-electron chi connectivity index (χ1n) is 7.97. The molecule has 4 heteroatoms. The van der Waals surface area contributed by atoms with Crippen LogP contribution in [0.5, 0.6) is 0 Å². The Balaban J connectivity index is 2.00. The molecule has 4 nitrogen and oxygen atoms in total. The lowest BCUT2D eigenvalue weighted by Gasteiger charge is -2.17. The van der Waals surface area contributed by atoms with Crippen molar-refractivity contribution in [1.82, 2.24) is 10.3 Å². The Morgan fingerprint density at radius 2 is 1.91 bits per heavy atom. The normalized spacial score (nSPS) is 11.8. The lowest BCUT2D eigenvalue weighted by molar-refractivity contribution is -0.121. The van der Waals surface area contributed by atoms with Gasteiger partial charge in [0.2, 0.25) is 5.91 Å². The van der Waals surface area contributed by atoms with Crippen LogP contribution in [0.3, 0.4) is 0 Å². The van der Waals surface area contributed by atoms with Crippen LogP contribution in [-0.4, -0.2) is 25.0 Å². The Morgan fingerprint density at radius 3 is 2.48 bits per heavy atom. The van der Waals surface area contributed by atoms with Gasteiger partial charge in [0.1, 0.15) is 0 Å². The summed E-state index contributed by atoms with van der Waals surface area (Å²) < 4.78 is 0. The van der Waals surface area contributed by atoms with Gasteiger partial charge in [0.25, 0.3) is 0 Å². The molecule has 0 aliphatic carbocycles. The molecule has 122 valence electrons. The molecule has 0 aliphatic heterocycles. The van der Waals surface area contributed by atoms with Crippen molar-refractivity contribution < 1.29 is 4.79 Å². The highest BCUT2D eigenvalue weighted by molar-refractivity contribution is 5.79. The van der Waals surface area contributed by atoms with Gasteiger partial charge in [0.05, 0.1) is 18.2 Å². The molecule has 0 unspecified atom stereocenters. The van der Waals surface area contributed by atoms with E-state index in [4.69, 9.17) is 0 Å². The summed E-state index contributed by atoms with van der Waals surface area (Å²) in [6.07, 6.45) is 3.00. The van der Waals surface area contributed by atoms with Crippen molar-refractivity contribution in [2.24, 2.45) is 0 Å². The number of nitrogens with one attached hydrogen (secondary N) is 1. The van der Waals surface area contributed by atoms with Crippen molar-refractivity contribution in [3.63, 3.8) is 0 Å². The Hall–Kier alpha value is -2.36. The van der Waals surface area contributed by atoms with E-state index in [1.807, 2.05) is 62.3 Å². The van der Waals surface area contributed by atoms with Gasteiger partial charge in [0, 0.05) is 26.0 Å². The van der Waals surface area contributed by atoms with E-state index in [1.54, 1.807) is 6.20 Å². The molecule has 1 amide bonds. The average Bonchev–Trinajstić information content (AvgIpc) is 2.53. The predicted molar refractivity (Wildman–Crippen MR) is 94.6 cm³/mol. The second-order valence-corrected chi connectivity index (χ2v) is 6.02. The number of aryl methyl sites for hydroxylation is 1. The van der Waals surface area contributed by atoms with Crippen LogP contribution >= 0.6 is 0 Å². The number of pyridine rings is 1. The minimum atomic E-state index is -0.0385. The summed E-state index contributed by atoms with van der Waals surface area (Å²) in [6, 6.07) is 12.0. The third-order valence-corrected chi connectivity index (χ3v) is 3.85. The molecule has 0 bridgehead atoms. The van der Waals surface area contributed by atoms with Gasteiger partial charge in [-0.3, -0.25) is 9.78 Å². The lowest BCUT2D eigenvalue weighted by atomic mass is 10.1. The van der Waals surface area contributed by atoms with Gasteiger partial charge in [-0.25, -0.2) is 0 Å². The van der Waals surface area contributed by atoms with E-state index in [0.29, 0.717) is 6.42 Å². The molecule has 0 aliphatic rings. The van der Waals surface area contributed by atoms with Crippen LogP contribution in [0.2, 0.25) is 0 Å². The Morgan fingerprint density at radius 1 is 1.22 bits per heavy atom. The molecule has 1 N–H and O–H groups in total. The van der Waals surface area contributed by atoms with E-state index in [2.05, 4.69) is 17.2 Å². The smallest absolute Gasteiger partial charge is 0.224 e. The Labute approximate surface area is 138 Å². The van der Waals surface area contributed by atoms with E-state index in [1.165, 1.54) is 0 Å². The van der Waals surface area contributed by atoms with Crippen molar-refractivity contribution in [2.45, 2.75) is 32.7 Å². The van der Waals surface area contributed by atoms with Crippen LogP contribution in [0.4, 0.5) is 5.69 Å². The number of hydrogen-bond acceptors (Lipinski definition) is 3. The second kappa shape index (κ2) is 7.77. The molecule has 0 radical (unpaired) electrons. The fourth-order valence-corrected chi connectivity index (χ4v) is 2.48. The summed E-state index contributed by atoms with van der Waals surface area (Å²) in [7, 11) is 4.00. The molecule has 1 aromatic carbocycles. The molecule has 1 heterocycles. The molecule has 2 aromatic rings. The maximum absolute atomic E-state index is 12.3. The topological polar surface area (TPSA) is 45.2 Å². The summed E-state index contributed by atoms with van der Waals surface area (Å²) in [5.74, 6) is 0.0257. The van der Waals surface area contributed by atoms with Crippen molar-refractivity contribution in [1.29, 1.82) is 0 Å². The highest BCUT2D eigenvalue weighted by Crippen LogP contribution is 2.16. The number of rotatable bonds is 6. The Kier molecular flexibility index (Phi) is 5.74. The van der Waals surface area contributed by atoms with E-state index < -0.39 is 0 Å². The van der Waals surface area contributed by atoms with Crippen LogP contribution < -0.4 is 10.2 Å². The highest BCUT2D eigenvalue weighted by atomic mass is 16.1. The van der Waals surface area contributed by atoms with Crippen molar-refractivity contribution in [2.75, 3.05) is 19.0 Å². The first-order valence-corrected chi connectivity index (χ1v) is 7.97. The first kappa shape index (κ1) is 17.0. The second-order valence-electron chi connectivity index (χ2n) is 6.02. The van der Waals surface area contributed by atoms with Gasteiger partial charge in [-0.1, -0.05) is 19.1 Å². The number of amides is 1. The van der Waals surface area contributed by atoms with Crippen molar-refractivity contribution >= 4 is 11.6 Å². The zero-order valence-corrected chi connectivity index (χ0v) is 14.3. The van der Waals surface area contributed by atoms with Gasteiger partial charge >= 0.3 is 0 Å². The molecule has 23 heavy (non-hydrogen) atoms. The number of nitrogens with zero attached hydrogens (tertiary/aromatic N) is 2. The van der Waals surface area contributed by atoms with Crippen LogP contribution in [0.1, 0.15) is 36.2 Å². The van der Waals surface area contributed by atoms with Crippen LogP contribution in [-0.2, 0) is 11.2 Å². The van der Waals surface area contributed by atoms with Crippen molar-refractivity contribution in [3.8, 4) is 0 Å². The summed E-state index contributed by atoms with van der Waals surface area (Å²) in [4.78, 5) is 18.7. The number of anilines is 1. The predicted octanol–water partition coefficient (Wildman–Crippen LogP) is 3.27. The minimum absolute atomic E-state index is 0.0257. The first-order chi connectivity index (χ1) is 11.0. The zero-order valence-electron chi connectivity index (χ0n) is 14.3. The van der Waals surface area contributed by atoms with E-state index >= 15 is 0 Å². The summed E-state index contributed by atoms with van der Waals surface area (Å²) in [5, 5.41) is 3.08. The third kappa shape index (κ3) is 4.81. The van der Waals surface area contributed by atoms with Crippen LogP contribution in [0.15, 0.2) is 42.6 Å². The zero-order chi connectivity index (χ0) is 16.8. The van der Waals surface area contributed by atoms with Gasteiger partial charge < -0.3 is 10.2 Å². The monoisotopic (exact) mass is 311 g/mol. The van der Waals surface area contributed by atoms with Gasteiger partial charge in [-0.05, 0) is 48.7 Å². The summed E-state index contributed by atoms with van der Waals surface area (Å²) in [5.41, 5.74) is 4.22. The highest BCUT2D eigenvalue weighted by Gasteiger charge is 2.14. The lowest BCUT2D eigenvalue weighted by Crippen LogP contribution is -2.30. The largest absolute Gasteiger partial charge is 0.378 e. The maximum atomic E-state index is 12.3. The van der Waals surface area contributed by atoms with Gasteiger partial charge in [-0.15, -0.1) is 0 Å². The molecule has 1 atom stereocenters. The standard InChI is InChI=1S/C19H25N3O/c1-5-17(18-12-14(2)10-11-20-18)21-19(23)13-15-6-8-16(9-7-15)22(3)4/h6-12,17H,5,13H2,1-4H3,(H,21,23)/t17-/m1/s1. The third-order valence-electron chi connectivity index (χ3n) is 3.85. The molecule has 0 saturated heterocycles. The van der Waals surface area contributed by atoms with E-state index in [-0.39, 0.29) is 11.9 Å². The summed E-state index contributed by atoms with van der Waals surface area (Å²) in [6.45, 7) is 4.09. The molecule has 2 rings (SSSR count). The van der Waals surface area contributed by atoms with Crippen molar-refractivity contribution in [3.05, 3.63) is 59.4 Å². The number of hydrogen-bond donors (Lipinski definition) is 1. The molecular weight excluding hydrogens is 286 g/mol. The number of carbonyl (C=O) groups is 1. The van der Waals surface area contributed by atoms with E-state index in [9.17, 15) is 4.79 Å².